The molecule has 3 aromatic rings. The van der Waals surface area contributed by atoms with E-state index in [4.69, 9.17) is 18.6 Å². The highest BCUT2D eigenvalue weighted by atomic mass is 16.5. The average Bonchev–Trinajstić information content (AvgIpc) is 2.60. The lowest BCUT2D eigenvalue weighted by atomic mass is 10.0. The second-order valence-corrected chi connectivity index (χ2v) is 4.92. The zero-order chi connectivity index (χ0) is 16.4. The zero-order valence-corrected chi connectivity index (χ0v) is 13.1. The van der Waals surface area contributed by atoms with Crippen molar-refractivity contribution in [2.24, 2.45) is 0 Å². The van der Waals surface area contributed by atoms with Gasteiger partial charge in [-0.25, -0.2) is 4.79 Å². The Labute approximate surface area is 133 Å². The van der Waals surface area contributed by atoms with Crippen molar-refractivity contribution >= 4 is 11.0 Å². The van der Waals surface area contributed by atoms with Gasteiger partial charge in [-0.2, -0.15) is 0 Å². The first-order chi connectivity index (χ1) is 11.2. The van der Waals surface area contributed by atoms with Gasteiger partial charge in [-0.3, -0.25) is 0 Å². The van der Waals surface area contributed by atoms with Crippen molar-refractivity contribution in [3.8, 4) is 28.4 Å². The highest BCUT2D eigenvalue weighted by Gasteiger charge is 2.14. The van der Waals surface area contributed by atoms with Crippen LogP contribution in [0.3, 0.4) is 0 Å². The molecule has 0 N–H and O–H groups in total. The summed E-state index contributed by atoms with van der Waals surface area (Å²) in [4.78, 5) is 12.4. The molecular weight excluding hydrogens is 296 g/mol. The van der Waals surface area contributed by atoms with Gasteiger partial charge in [0.15, 0.2) is 0 Å². The highest BCUT2D eigenvalue weighted by molar-refractivity contribution is 5.84. The minimum absolute atomic E-state index is 0.415. The number of hydrogen-bond donors (Lipinski definition) is 0. The summed E-state index contributed by atoms with van der Waals surface area (Å²) in [6.45, 7) is 0. The number of ether oxygens (including phenoxy) is 3. The zero-order valence-electron chi connectivity index (χ0n) is 13.1. The Morgan fingerprint density at radius 2 is 1.48 bits per heavy atom. The Bertz CT molecular complexity index is 911. The molecule has 3 rings (SSSR count). The van der Waals surface area contributed by atoms with Gasteiger partial charge in [0.1, 0.15) is 22.8 Å². The molecule has 5 heteroatoms. The predicted octanol–water partition coefficient (Wildman–Crippen LogP) is 3.49. The van der Waals surface area contributed by atoms with Crippen molar-refractivity contribution in [3.63, 3.8) is 0 Å². The van der Waals surface area contributed by atoms with Gasteiger partial charge in [0.05, 0.1) is 26.9 Å². The summed E-state index contributed by atoms with van der Waals surface area (Å²) in [5.74, 6) is 1.84. The molecule has 0 aliphatic heterocycles. The molecule has 0 fully saturated rings. The van der Waals surface area contributed by atoms with E-state index in [1.165, 1.54) is 0 Å². The smallest absolute Gasteiger partial charge is 0.344 e. The second-order valence-electron chi connectivity index (χ2n) is 4.92. The first-order valence-electron chi connectivity index (χ1n) is 7.00. The quantitative estimate of drug-likeness (QED) is 0.690. The van der Waals surface area contributed by atoms with E-state index >= 15 is 0 Å². The molecule has 118 valence electrons. The van der Waals surface area contributed by atoms with Gasteiger partial charge in [0, 0.05) is 17.0 Å². The van der Waals surface area contributed by atoms with E-state index in [2.05, 4.69) is 0 Å². The third-order valence-electron chi connectivity index (χ3n) is 3.64. The molecule has 0 spiro atoms. The van der Waals surface area contributed by atoms with E-state index in [0.717, 1.165) is 5.39 Å². The fraction of sp³-hybridized carbons (Fsp3) is 0.167. The van der Waals surface area contributed by atoms with Gasteiger partial charge in [-0.05, 0) is 36.4 Å². The van der Waals surface area contributed by atoms with Crippen molar-refractivity contribution in [3.05, 3.63) is 52.9 Å². The summed E-state index contributed by atoms with van der Waals surface area (Å²) >= 11 is 0. The van der Waals surface area contributed by atoms with Crippen molar-refractivity contribution in [2.75, 3.05) is 21.3 Å². The molecular formula is C18H16O5. The van der Waals surface area contributed by atoms with Crippen LogP contribution < -0.4 is 19.8 Å². The van der Waals surface area contributed by atoms with Crippen molar-refractivity contribution < 1.29 is 18.6 Å². The van der Waals surface area contributed by atoms with Gasteiger partial charge < -0.3 is 18.6 Å². The normalized spacial score (nSPS) is 10.6. The van der Waals surface area contributed by atoms with Gasteiger partial charge in [0.25, 0.3) is 0 Å². The topological polar surface area (TPSA) is 57.9 Å². The number of rotatable bonds is 4. The molecule has 0 unspecified atom stereocenters. The minimum Gasteiger partial charge on any atom is -0.497 e. The Morgan fingerprint density at radius 1 is 0.783 bits per heavy atom. The number of methoxy groups -OCH3 is 3. The molecule has 0 aliphatic rings. The third-order valence-corrected chi connectivity index (χ3v) is 3.64. The van der Waals surface area contributed by atoms with Crippen LogP contribution in [0.2, 0.25) is 0 Å². The monoisotopic (exact) mass is 312 g/mol. The Hall–Kier alpha value is -2.95. The molecule has 0 bridgehead atoms. The van der Waals surface area contributed by atoms with Crippen molar-refractivity contribution in [2.45, 2.75) is 0 Å². The van der Waals surface area contributed by atoms with Crippen LogP contribution in [0.5, 0.6) is 17.2 Å². The SMILES string of the molecule is COc1ccc(OC)c(-c2cc3ccc(OC)cc3oc2=O)c1. The summed E-state index contributed by atoms with van der Waals surface area (Å²) in [5.41, 5.74) is 1.06. The van der Waals surface area contributed by atoms with E-state index in [0.29, 0.717) is 34.0 Å². The molecule has 0 saturated carbocycles. The lowest BCUT2D eigenvalue weighted by Crippen LogP contribution is -2.04. The van der Waals surface area contributed by atoms with Crippen LogP contribution in [0, 0.1) is 0 Å². The first-order valence-corrected chi connectivity index (χ1v) is 7.00. The number of hydrogen-bond acceptors (Lipinski definition) is 5. The lowest BCUT2D eigenvalue weighted by molar-refractivity contribution is 0.404. The molecule has 5 nitrogen and oxygen atoms in total. The van der Waals surface area contributed by atoms with Crippen LogP contribution in [0.4, 0.5) is 0 Å². The summed E-state index contributed by atoms with van der Waals surface area (Å²) < 4.78 is 21.2. The molecule has 23 heavy (non-hydrogen) atoms. The van der Waals surface area contributed by atoms with Crippen molar-refractivity contribution in [1.82, 2.24) is 0 Å². The van der Waals surface area contributed by atoms with Crippen LogP contribution in [0.15, 0.2) is 51.7 Å². The fourth-order valence-corrected chi connectivity index (χ4v) is 2.43. The maximum Gasteiger partial charge on any atom is 0.344 e. The van der Waals surface area contributed by atoms with Crippen LogP contribution >= 0.6 is 0 Å². The minimum atomic E-state index is -0.447. The largest absolute Gasteiger partial charge is 0.497 e. The standard InChI is InChI=1S/C18H16O5/c1-20-12-6-7-16(22-3)14(9-12)15-8-11-4-5-13(21-2)10-17(11)23-18(15)19/h4-10H,1-3H3. The molecule has 0 amide bonds. The fourth-order valence-electron chi connectivity index (χ4n) is 2.43. The average molecular weight is 312 g/mol. The first kappa shape index (κ1) is 15.0. The molecule has 0 radical (unpaired) electrons. The summed E-state index contributed by atoms with van der Waals surface area (Å²) in [7, 11) is 4.69. The van der Waals surface area contributed by atoms with Gasteiger partial charge >= 0.3 is 5.63 Å². The van der Waals surface area contributed by atoms with Crippen molar-refractivity contribution in [1.29, 1.82) is 0 Å². The Kier molecular flexibility index (Phi) is 3.93. The van der Waals surface area contributed by atoms with Gasteiger partial charge in [0.2, 0.25) is 0 Å². The molecule has 0 aliphatic carbocycles. The maximum absolute atomic E-state index is 12.4. The van der Waals surface area contributed by atoms with Crippen LogP contribution in [0.25, 0.3) is 22.1 Å². The number of fused-ring (bicyclic) bond motifs is 1. The summed E-state index contributed by atoms with van der Waals surface area (Å²) in [6, 6.07) is 12.4. The lowest BCUT2D eigenvalue weighted by Gasteiger charge is -2.10. The van der Waals surface area contributed by atoms with Crippen LogP contribution in [0.1, 0.15) is 0 Å². The molecule has 1 aromatic heterocycles. The Balaban J connectivity index is 2.24. The number of benzene rings is 2. The molecule has 0 atom stereocenters. The second kappa shape index (κ2) is 6.04. The van der Waals surface area contributed by atoms with E-state index in [-0.39, 0.29) is 0 Å². The van der Waals surface area contributed by atoms with E-state index in [9.17, 15) is 4.79 Å². The highest BCUT2D eigenvalue weighted by Crippen LogP contribution is 2.33. The summed E-state index contributed by atoms with van der Waals surface area (Å²) in [5, 5.41) is 0.797. The van der Waals surface area contributed by atoms with E-state index in [1.54, 1.807) is 51.7 Å². The van der Waals surface area contributed by atoms with E-state index < -0.39 is 5.63 Å². The van der Waals surface area contributed by atoms with Crippen LogP contribution in [-0.4, -0.2) is 21.3 Å². The van der Waals surface area contributed by atoms with Gasteiger partial charge in [-0.15, -0.1) is 0 Å². The molecule has 1 heterocycles. The summed E-state index contributed by atoms with van der Waals surface area (Å²) in [6.07, 6.45) is 0. The Morgan fingerprint density at radius 3 is 2.17 bits per heavy atom. The third kappa shape index (κ3) is 2.73. The maximum atomic E-state index is 12.4. The van der Waals surface area contributed by atoms with E-state index in [1.807, 2.05) is 12.1 Å². The van der Waals surface area contributed by atoms with Crippen LogP contribution in [-0.2, 0) is 0 Å². The van der Waals surface area contributed by atoms with Gasteiger partial charge in [-0.1, -0.05) is 0 Å². The molecule has 0 saturated heterocycles. The molecule has 2 aromatic carbocycles. The predicted molar refractivity (Wildman–Crippen MR) is 87.6 cm³/mol.